The Morgan fingerprint density at radius 1 is 1.05 bits per heavy atom. The molecule has 0 aromatic rings. The van der Waals surface area contributed by atoms with E-state index < -0.39 is 11.9 Å². The normalized spacial score (nSPS) is 43.7. The lowest BCUT2D eigenvalue weighted by Crippen LogP contribution is -2.58. The molecular weight excluding hydrogens is 248 g/mol. The van der Waals surface area contributed by atoms with Gasteiger partial charge < -0.3 is 20.0 Å². The van der Waals surface area contributed by atoms with Crippen LogP contribution in [0.25, 0.3) is 0 Å². The Bertz CT molecular complexity index is 446. The van der Waals surface area contributed by atoms with Crippen LogP contribution in [0.3, 0.4) is 0 Å². The van der Waals surface area contributed by atoms with Crippen LogP contribution in [0.4, 0.5) is 4.79 Å². The fourth-order valence-electron chi connectivity index (χ4n) is 4.61. The fourth-order valence-corrected chi connectivity index (χ4v) is 4.61. The summed E-state index contributed by atoms with van der Waals surface area (Å²) in [6.45, 7) is 1.37. The summed E-state index contributed by atoms with van der Waals surface area (Å²) in [5, 5.41) is 19.1. The summed E-state index contributed by atoms with van der Waals surface area (Å²) < 4.78 is 0. The summed E-state index contributed by atoms with van der Waals surface area (Å²) in [5.41, 5.74) is 0. The van der Waals surface area contributed by atoms with Crippen molar-refractivity contribution < 1.29 is 19.8 Å². The molecule has 2 saturated heterocycles. The first-order chi connectivity index (χ1) is 9.06. The van der Waals surface area contributed by atoms with Gasteiger partial charge in [0.2, 0.25) is 0 Å². The van der Waals surface area contributed by atoms with Gasteiger partial charge in [-0.25, -0.2) is 4.79 Å². The Hall–Kier alpha value is -1.30. The van der Waals surface area contributed by atoms with Crippen LogP contribution >= 0.6 is 0 Å². The highest BCUT2D eigenvalue weighted by Gasteiger charge is 2.60. The van der Waals surface area contributed by atoms with Crippen molar-refractivity contribution in [3.63, 3.8) is 0 Å². The lowest BCUT2D eigenvalue weighted by molar-refractivity contribution is -0.146. The van der Waals surface area contributed by atoms with Crippen LogP contribution in [-0.4, -0.2) is 63.8 Å². The number of rotatable bonds is 1. The van der Waals surface area contributed by atoms with E-state index in [0.717, 1.165) is 19.4 Å². The molecule has 6 nitrogen and oxygen atoms in total. The fraction of sp³-hybridized carbons (Fsp3) is 0.846. The number of aliphatic hydroxyl groups is 1. The van der Waals surface area contributed by atoms with Crippen LogP contribution in [0.15, 0.2) is 0 Å². The second-order valence-electron chi connectivity index (χ2n) is 6.51. The second-order valence-corrected chi connectivity index (χ2v) is 6.51. The minimum atomic E-state index is -0.827. The lowest BCUT2D eigenvalue weighted by atomic mass is 9.88. The molecule has 2 saturated carbocycles. The first-order valence-electron chi connectivity index (χ1n) is 7.02. The molecule has 0 radical (unpaired) electrons. The van der Waals surface area contributed by atoms with Crippen LogP contribution in [0.1, 0.15) is 12.8 Å². The van der Waals surface area contributed by atoms with Gasteiger partial charge >= 0.3 is 12.0 Å². The number of carboxylic acid groups (broad SMARTS) is 1. The number of carbonyl (C=O) groups is 2. The number of fused-ring (bicyclic) bond motifs is 1. The summed E-state index contributed by atoms with van der Waals surface area (Å²) in [4.78, 5) is 26.6. The molecule has 104 valence electrons. The first-order valence-corrected chi connectivity index (χ1v) is 7.02. The van der Waals surface area contributed by atoms with Crippen molar-refractivity contribution in [1.29, 1.82) is 0 Å². The number of carboxylic acids is 1. The molecule has 0 aromatic heterocycles. The minimum absolute atomic E-state index is 0.0138. The number of aliphatic carboxylic acids is 1. The van der Waals surface area contributed by atoms with Crippen LogP contribution in [0.5, 0.6) is 0 Å². The third-order valence-electron chi connectivity index (χ3n) is 5.60. The van der Waals surface area contributed by atoms with Crippen molar-refractivity contribution >= 4 is 12.0 Å². The maximum Gasteiger partial charge on any atom is 0.320 e. The smallest absolute Gasteiger partial charge is 0.320 e. The van der Waals surface area contributed by atoms with Gasteiger partial charge in [0.15, 0.2) is 0 Å². The van der Waals surface area contributed by atoms with Crippen molar-refractivity contribution in [2.45, 2.75) is 25.0 Å². The summed E-state index contributed by atoms with van der Waals surface area (Å²) >= 11 is 0. The molecule has 2 aliphatic heterocycles. The number of aliphatic hydroxyl groups excluding tert-OH is 1. The molecule has 4 aliphatic rings. The van der Waals surface area contributed by atoms with Gasteiger partial charge in [0.25, 0.3) is 0 Å². The van der Waals surface area contributed by atoms with E-state index in [-0.39, 0.29) is 18.2 Å². The summed E-state index contributed by atoms with van der Waals surface area (Å²) in [7, 11) is 0. The standard InChI is InChI=1S/C13H18N2O4/c16-11-6-1-7-5-15(10(11)9(7)2-6)13(19)14-3-8(4-14)12(17)18/h6-11,16H,1-5H2,(H,17,18). The third-order valence-corrected chi connectivity index (χ3v) is 5.60. The SMILES string of the molecule is O=C(O)C1CN(C(=O)N2CC3CC4CC3C2C4O)C1. The Kier molecular flexibility index (Phi) is 2.20. The van der Waals surface area contributed by atoms with Crippen LogP contribution in [0.2, 0.25) is 0 Å². The molecule has 4 rings (SSSR count). The summed E-state index contributed by atoms with van der Waals surface area (Å²) in [5.74, 6) is 0.163. The molecule has 0 aromatic carbocycles. The van der Waals surface area contributed by atoms with Crippen molar-refractivity contribution in [1.82, 2.24) is 9.80 Å². The molecule has 2 N–H and O–H groups in total. The molecule has 2 amide bonds. The zero-order chi connectivity index (χ0) is 13.3. The molecule has 5 atom stereocenters. The quantitative estimate of drug-likeness (QED) is 0.690. The predicted octanol–water partition coefficient (Wildman–Crippen LogP) is -0.176. The van der Waals surface area contributed by atoms with E-state index in [1.54, 1.807) is 4.90 Å². The highest BCUT2D eigenvalue weighted by Crippen LogP contribution is 2.55. The van der Waals surface area contributed by atoms with Gasteiger partial charge in [-0.1, -0.05) is 0 Å². The van der Waals surface area contributed by atoms with E-state index in [9.17, 15) is 14.7 Å². The molecule has 5 unspecified atom stereocenters. The minimum Gasteiger partial charge on any atom is -0.481 e. The topological polar surface area (TPSA) is 81.1 Å². The Balaban J connectivity index is 1.46. The summed E-state index contributed by atoms with van der Waals surface area (Å²) in [6.07, 6.45) is 1.73. The number of carbonyl (C=O) groups excluding carboxylic acids is 1. The highest BCUT2D eigenvalue weighted by atomic mass is 16.4. The largest absolute Gasteiger partial charge is 0.481 e. The number of nitrogens with zero attached hydrogens (tertiary/aromatic N) is 2. The average molecular weight is 266 g/mol. The maximum absolute atomic E-state index is 12.4. The molecule has 6 heteroatoms. The molecule has 2 bridgehead atoms. The zero-order valence-electron chi connectivity index (χ0n) is 10.6. The maximum atomic E-state index is 12.4. The Morgan fingerprint density at radius 3 is 2.42 bits per heavy atom. The van der Waals surface area contributed by atoms with Gasteiger partial charge in [0.05, 0.1) is 18.1 Å². The Morgan fingerprint density at radius 2 is 1.79 bits per heavy atom. The highest BCUT2D eigenvalue weighted by molar-refractivity contribution is 5.80. The lowest BCUT2D eigenvalue weighted by Gasteiger charge is -2.41. The van der Waals surface area contributed by atoms with E-state index in [1.165, 1.54) is 0 Å². The van der Waals surface area contributed by atoms with E-state index in [0.29, 0.717) is 30.8 Å². The molecule has 2 heterocycles. The van der Waals surface area contributed by atoms with E-state index >= 15 is 0 Å². The van der Waals surface area contributed by atoms with Gasteiger partial charge in [0, 0.05) is 19.6 Å². The number of hydrogen-bond donors (Lipinski definition) is 2. The monoisotopic (exact) mass is 266 g/mol. The number of hydrogen-bond acceptors (Lipinski definition) is 3. The molecule has 2 aliphatic carbocycles. The van der Waals surface area contributed by atoms with E-state index in [4.69, 9.17) is 5.11 Å². The molecule has 19 heavy (non-hydrogen) atoms. The van der Waals surface area contributed by atoms with Gasteiger partial charge in [-0.3, -0.25) is 4.79 Å². The van der Waals surface area contributed by atoms with Crippen molar-refractivity contribution in [3.8, 4) is 0 Å². The van der Waals surface area contributed by atoms with Gasteiger partial charge in [-0.05, 0) is 30.6 Å². The van der Waals surface area contributed by atoms with Gasteiger partial charge in [0.1, 0.15) is 0 Å². The molecule has 4 fully saturated rings. The van der Waals surface area contributed by atoms with Crippen LogP contribution < -0.4 is 0 Å². The van der Waals surface area contributed by atoms with Crippen LogP contribution in [0, 0.1) is 23.7 Å². The van der Waals surface area contributed by atoms with Crippen LogP contribution in [-0.2, 0) is 4.79 Å². The first kappa shape index (κ1) is 11.5. The van der Waals surface area contributed by atoms with E-state index in [2.05, 4.69) is 0 Å². The van der Waals surface area contributed by atoms with Gasteiger partial charge in [-0.15, -0.1) is 0 Å². The van der Waals surface area contributed by atoms with Crippen molar-refractivity contribution in [3.05, 3.63) is 0 Å². The predicted molar refractivity (Wildman–Crippen MR) is 64.3 cm³/mol. The van der Waals surface area contributed by atoms with Gasteiger partial charge in [-0.2, -0.15) is 0 Å². The third kappa shape index (κ3) is 1.40. The number of urea groups is 1. The molecule has 0 spiro atoms. The Labute approximate surface area is 111 Å². The molecular formula is C13H18N2O4. The van der Waals surface area contributed by atoms with E-state index in [1.807, 2.05) is 4.90 Å². The second kappa shape index (κ2) is 3.62. The average Bonchev–Trinajstić information content (AvgIpc) is 2.85. The number of likely N-dealkylation sites (tertiary alicyclic amines) is 2. The zero-order valence-corrected chi connectivity index (χ0v) is 10.6. The van der Waals surface area contributed by atoms with Crippen molar-refractivity contribution in [2.75, 3.05) is 19.6 Å². The van der Waals surface area contributed by atoms with Crippen molar-refractivity contribution in [2.24, 2.45) is 23.7 Å². The summed E-state index contributed by atoms with van der Waals surface area (Å²) in [6, 6.07) is -0.0864. The number of amides is 2.